The largest absolute Gasteiger partial charge is 0.456 e. The van der Waals surface area contributed by atoms with Crippen LogP contribution in [0.1, 0.15) is 11.1 Å². The van der Waals surface area contributed by atoms with Crippen molar-refractivity contribution < 1.29 is 4.42 Å². The molecule has 49 heavy (non-hydrogen) atoms. The predicted octanol–water partition coefficient (Wildman–Crippen LogP) is 9.93. The zero-order valence-electron chi connectivity index (χ0n) is 26.3. The average Bonchev–Trinajstić information content (AvgIpc) is 3.57. The predicted molar refractivity (Wildman–Crippen MR) is 198 cm³/mol. The van der Waals surface area contributed by atoms with Crippen LogP contribution in [0.4, 0.5) is 0 Å². The zero-order chi connectivity index (χ0) is 32.6. The van der Waals surface area contributed by atoms with Crippen molar-refractivity contribution in [3.8, 4) is 45.3 Å². The van der Waals surface area contributed by atoms with Crippen molar-refractivity contribution in [1.82, 2.24) is 25.8 Å². The standard InChI is InChI=1S/C43H29N5O/c1-4-12-29(13-5-1)35-25-26-36(48-47-35)30-22-20-28(21-23-30)33-24-27-38-39(34-18-10-11-19-37(34)49-38)40(33)43-45-41(31-14-6-2-7-15-31)44-42(46-43)32-16-8-3-9-17-32/h1-27,47-48H. The molecule has 0 aliphatic carbocycles. The second-order valence-electron chi connectivity index (χ2n) is 11.9. The number of fused-ring (bicyclic) bond motifs is 3. The van der Waals surface area contributed by atoms with Crippen LogP contribution < -0.4 is 10.9 Å². The molecule has 0 amide bonds. The minimum atomic E-state index is 0.586. The van der Waals surface area contributed by atoms with Gasteiger partial charge in [-0.2, -0.15) is 0 Å². The van der Waals surface area contributed by atoms with E-state index in [2.05, 4.69) is 71.5 Å². The summed E-state index contributed by atoms with van der Waals surface area (Å²) in [6, 6.07) is 51.3. The number of hydrogen-bond acceptors (Lipinski definition) is 6. The number of furan rings is 1. The van der Waals surface area contributed by atoms with Crippen LogP contribution in [0.3, 0.4) is 0 Å². The van der Waals surface area contributed by atoms with Gasteiger partial charge in [-0.25, -0.2) is 15.0 Å². The van der Waals surface area contributed by atoms with Crippen LogP contribution in [-0.2, 0) is 0 Å². The third kappa shape index (κ3) is 5.31. The highest BCUT2D eigenvalue weighted by molar-refractivity contribution is 6.15. The lowest BCUT2D eigenvalue weighted by Crippen LogP contribution is -2.31. The average molecular weight is 632 g/mol. The van der Waals surface area contributed by atoms with Crippen molar-refractivity contribution in [3.63, 3.8) is 0 Å². The fourth-order valence-corrected chi connectivity index (χ4v) is 6.38. The number of rotatable bonds is 6. The van der Waals surface area contributed by atoms with Crippen molar-refractivity contribution in [1.29, 1.82) is 0 Å². The van der Waals surface area contributed by atoms with Crippen LogP contribution >= 0.6 is 0 Å². The maximum absolute atomic E-state index is 6.37. The monoisotopic (exact) mass is 631 g/mol. The van der Waals surface area contributed by atoms with E-state index in [0.717, 1.165) is 72.3 Å². The van der Waals surface area contributed by atoms with Crippen LogP contribution in [0.15, 0.2) is 168 Å². The van der Waals surface area contributed by atoms with E-state index in [0.29, 0.717) is 17.5 Å². The molecule has 8 aromatic rings. The van der Waals surface area contributed by atoms with Gasteiger partial charge in [0.05, 0.1) is 11.4 Å². The molecule has 0 spiro atoms. The highest BCUT2D eigenvalue weighted by atomic mass is 16.3. The molecule has 9 rings (SSSR count). The first-order chi connectivity index (χ1) is 24.3. The Morgan fingerprint density at radius 1 is 0.388 bits per heavy atom. The first-order valence-corrected chi connectivity index (χ1v) is 16.2. The molecule has 0 unspecified atom stereocenters. The summed E-state index contributed by atoms with van der Waals surface area (Å²) in [5.74, 6) is 1.81. The summed E-state index contributed by atoms with van der Waals surface area (Å²) in [5, 5.41) is 1.98. The molecule has 0 atom stereocenters. The number of aromatic nitrogens is 3. The van der Waals surface area contributed by atoms with Crippen molar-refractivity contribution in [2.45, 2.75) is 0 Å². The fourth-order valence-electron chi connectivity index (χ4n) is 6.38. The molecule has 0 fully saturated rings. The number of hydrogen-bond donors (Lipinski definition) is 2. The molecule has 0 bridgehead atoms. The number of nitrogens with one attached hydrogen (secondary N) is 2. The van der Waals surface area contributed by atoms with E-state index in [-0.39, 0.29) is 0 Å². The molecule has 2 aromatic heterocycles. The van der Waals surface area contributed by atoms with E-state index in [1.807, 2.05) is 103 Å². The summed E-state index contributed by atoms with van der Waals surface area (Å²) >= 11 is 0. The van der Waals surface area contributed by atoms with E-state index in [1.54, 1.807) is 0 Å². The molecule has 2 N–H and O–H groups in total. The van der Waals surface area contributed by atoms with Gasteiger partial charge >= 0.3 is 0 Å². The third-order valence-corrected chi connectivity index (χ3v) is 8.81. The second kappa shape index (κ2) is 12.1. The zero-order valence-corrected chi connectivity index (χ0v) is 26.3. The lowest BCUT2D eigenvalue weighted by Gasteiger charge is -2.20. The van der Waals surface area contributed by atoms with Crippen molar-refractivity contribution in [3.05, 3.63) is 175 Å². The van der Waals surface area contributed by atoms with Crippen LogP contribution in [0, 0.1) is 0 Å². The Morgan fingerprint density at radius 3 is 1.47 bits per heavy atom. The lowest BCUT2D eigenvalue weighted by molar-refractivity contribution is 0.669. The highest BCUT2D eigenvalue weighted by Crippen LogP contribution is 2.42. The van der Waals surface area contributed by atoms with Crippen molar-refractivity contribution in [2.24, 2.45) is 0 Å². The normalized spacial score (nSPS) is 12.7. The summed E-state index contributed by atoms with van der Waals surface area (Å²) in [4.78, 5) is 15.2. The molecule has 0 saturated heterocycles. The molecular weight excluding hydrogens is 603 g/mol. The summed E-state index contributed by atoms with van der Waals surface area (Å²) in [7, 11) is 0. The van der Waals surface area contributed by atoms with Gasteiger partial charge < -0.3 is 15.3 Å². The van der Waals surface area contributed by atoms with Gasteiger partial charge in [0.25, 0.3) is 0 Å². The Morgan fingerprint density at radius 2 is 0.878 bits per heavy atom. The number of para-hydroxylation sites is 1. The number of hydrazine groups is 1. The Labute approximate surface area is 283 Å². The number of benzene rings is 6. The number of allylic oxidation sites excluding steroid dienone is 2. The highest BCUT2D eigenvalue weighted by Gasteiger charge is 2.22. The number of nitrogens with zero attached hydrogens (tertiary/aromatic N) is 3. The Kier molecular flexibility index (Phi) is 7.02. The van der Waals surface area contributed by atoms with Crippen molar-refractivity contribution in [2.75, 3.05) is 0 Å². The van der Waals surface area contributed by atoms with E-state index >= 15 is 0 Å². The van der Waals surface area contributed by atoms with E-state index in [4.69, 9.17) is 19.4 Å². The summed E-state index contributed by atoms with van der Waals surface area (Å²) in [5.41, 5.74) is 17.3. The smallest absolute Gasteiger partial charge is 0.165 e. The van der Waals surface area contributed by atoms with Crippen LogP contribution in [-0.4, -0.2) is 15.0 Å². The molecule has 1 aliphatic heterocycles. The molecule has 232 valence electrons. The summed E-state index contributed by atoms with van der Waals surface area (Å²) in [6.45, 7) is 0. The van der Waals surface area contributed by atoms with Gasteiger partial charge in [-0.3, -0.25) is 0 Å². The second-order valence-corrected chi connectivity index (χ2v) is 11.9. The minimum Gasteiger partial charge on any atom is -0.456 e. The molecule has 6 aromatic carbocycles. The lowest BCUT2D eigenvalue weighted by atomic mass is 9.93. The molecule has 3 heterocycles. The Hall–Kier alpha value is -6.79. The third-order valence-electron chi connectivity index (χ3n) is 8.81. The molecule has 6 nitrogen and oxygen atoms in total. The van der Waals surface area contributed by atoms with Crippen LogP contribution in [0.5, 0.6) is 0 Å². The van der Waals surface area contributed by atoms with Gasteiger partial charge in [0.15, 0.2) is 17.5 Å². The first-order valence-electron chi connectivity index (χ1n) is 16.2. The van der Waals surface area contributed by atoms with Gasteiger partial charge in [-0.1, -0.05) is 133 Å². The molecule has 0 saturated carbocycles. The maximum atomic E-state index is 6.37. The van der Waals surface area contributed by atoms with Gasteiger partial charge in [0.1, 0.15) is 11.2 Å². The molecule has 0 radical (unpaired) electrons. The topological polar surface area (TPSA) is 75.9 Å². The Bertz CT molecular complexity index is 2460. The van der Waals surface area contributed by atoms with E-state index < -0.39 is 0 Å². The van der Waals surface area contributed by atoms with Gasteiger partial charge in [-0.15, -0.1) is 0 Å². The first kappa shape index (κ1) is 28.4. The van der Waals surface area contributed by atoms with E-state index in [9.17, 15) is 0 Å². The van der Waals surface area contributed by atoms with Crippen LogP contribution in [0.2, 0.25) is 0 Å². The summed E-state index contributed by atoms with van der Waals surface area (Å²) < 4.78 is 6.37. The van der Waals surface area contributed by atoms with Gasteiger partial charge in [0, 0.05) is 27.5 Å². The SMILES string of the molecule is C1=C(c2ccccc2)NNC(c2ccc(-c3ccc4oc5ccccc5c4c3-c3nc(-c4ccccc4)nc(-c4ccccc4)n3)cc2)=C1. The quantitative estimate of drug-likeness (QED) is 0.190. The fraction of sp³-hybridized carbons (Fsp3) is 0. The Balaban J connectivity index is 1.21. The van der Waals surface area contributed by atoms with E-state index in [1.165, 1.54) is 0 Å². The molecular formula is C43H29N5O. The van der Waals surface area contributed by atoms with Gasteiger partial charge in [0.2, 0.25) is 0 Å². The summed E-state index contributed by atoms with van der Waals surface area (Å²) in [6.07, 6.45) is 4.20. The minimum absolute atomic E-state index is 0.586. The van der Waals surface area contributed by atoms with Crippen LogP contribution in [0.25, 0.3) is 78.6 Å². The molecule has 1 aliphatic rings. The molecule has 6 heteroatoms. The van der Waals surface area contributed by atoms with Gasteiger partial charge in [-0.05, 0) is 52.6 Å². The maximum Gasteiger partial charge on any atom is 0.165 e. The van der Waals surface area contributed by atoms with Crippen molar-refractivity contribution >= 4 is 33.3 Å².